The molecule has 0 aliphatic carbocycles. The van der Waals surface area contributed by atoms with Gasteiger partial charge in [0.05, 0.1) is 12.0 Å². The molecule has 2 aromatic carbocycles. The maximum absolute atomic E-state index is 13.2. The van der Waals surface area contributed by atoms with Crippen molar-refractivity contribution in [3.05, 3.63) is 71.8 Å². The Morgan fingerprint density at radius 2 is 1.50 bits per heavy atom. The smallest absolute Gasteiger partial charge is 0.548 e. The quantitative estimate of drug-likeness (QED) is 0.529. The SMILES string of the molecule is O=C([O-])[C@H](Cc1ccccc1)N=C(c1ccccc1)C(F)(F)F.[K+]. The monoisotopic (exact) mass is 359 g/mol. The van der Waals surface area contributed by atoms with Crippen LogP contribution in [0.15, 0.2) is 65.7 Å². The first kappa shape index (κ1) is 21.0. The predicted molar refractivity (Wildman–Crippen MR) is 78.0 cm³/mol. The molecule has 0 N–H and O–H groups in total. The number of hydrogen-bond acceptors (Lipinski definition) is 3. The standard InChI is InChI=1S/C17H14F3NO2.K/c18-17(19,20)15(13-9-5-2-6-10-13)21-14(16(22)23)11-12-7-3-1-4-8-12;/h1-10,14H,11H2,(H,22,23);/q;+1/p-1/t14-;/m0./s1. The van der Waals surface area contributed by atoms with E-state index in [0.29, 0.717) is 5.56 Å². The van der Waals surface area contributed by atoms with Gasteiger partial charge in [0, 0.05) is 12.0 Å². The maximum Gasteiger partial charge on any atom is 1.00 e. The average molecular weight is 359 g/mol. The second-order valence-corrected chi connectivity index (χ2v) is 4.87. The molecule has 0 radical (unpaired) electrons. The molecule has 0 spiro atoms. The van der Waals surface area contributed by atoms with E-state index < -0.39 is 23.9 Å². The maximum atomic E-state index is 13.2. The number of carboxylic acids is 1. The summed E-state index contributed by atoms with van der Waals surface area (Å²) in [5, 5.41) is 11.2. The third-order valence-electron chi connectivity index (χ3n) is 3.14. The molecule has 7 heteroatoms. The Balaban J connectivity index is 0.00000288. The van der Waals surface area contributed by atoms with Crippen LogP contribution in [0.1, 0.15) is 11.1 Å². The van der Waals surface area contributed by atoms with Gasteiger partial charge >= 0.3 is 57.6 Å². The molecule has 1 atom stereocenters. The zero-order valence-electron chi connectivity index (χ0n) is 13.0. The molecule has 0 amide bonds. The van der Waals surface area contributed by atoms with E-state index in [0.717, 1.165) is 0 Å². The van der Waals surface area contributed by atoms with Crippen LogP contribution in [0.2, 0.25) is 0 Å². The van der Waals surface area contributed by atoms with E-state index in [1.807, 2.05) is 0 Å². The minimum atomic E-state index is -4.76. The fourth-order valence-corrected chi connectivity index (χ4v) is 2.08. The molecule has 24 heavy (non-hydrogen) atoms. The van der Waals surface area contributed by atoms with Crippen LogP contribution in [-0.2, 0) is 11.2 Å². The number of carbonyl (C=O) groups excluding carboxylic acids is 1. The Bertz CT molecular complexity index is 688. The van der Waals surface area contributed by atoms with Gasteiger partial charge in [-0.05, 0) is 5.56 Å². The Morgan fingerprint density at radius 3 is 1.96 bits per heavy atom. The normalized spacial score (nSPS) is 13.0. The van der Waals surface area contributed by atoms with Crippen molar-refractivity contribution in [3.8, 4) is 0 Å². The molecule has 3 nitrogen and oxygen atoms in total. The topological polar surface area (TPSA) is 52.5 Å². The Kier molecular flexibility index (Phi) is 8.31. The van der Waals surface area contributed by atoms with Crippen LogP contribution in [0.5, 0.6) is 0 Å². The molecule has 0 saturated heterocycles. The summed E-state index contributed by atoms with van der Waals surface area (Å²) in [6.45, 7) is 0. The van der Waals surface area contributed by atoms with Crippen molar-refractivity contribution in [2.45, 2.75) is 18.6 Å². The van der Waals surface area contributed by atoms with E-state index in [9.17, 15) is 23.1 Å². The Labute approximate surface area is 180 Å². The summed E-state index contributed by atoms with van der Waals surface area (Å²) in [6, 6.07) is 13.6. The summed E-state index contributed by atoms with van der Waals surface area (Å²) in [5.74, 6) is -1.65. The molecule has 0 bridgehead atoms. The van der Waals surface area contributed by atoms with E-state index in [-0.39, 0.29) is 63.4 Å². The second kappa shape index (κ2) is 9.48. The number of hydrogen-bond donors (Lipinski definition) is 0. The first-order valence-corrected chi connectivity index (χ1v) is 6.83. The van der Waals surface area contributed by atoms with Crippen molar-refractivity contribution in [1.29, 1.82) is 0 Å². The fraction of sp³-hybridized carbons (Fsp3) is 0.176. The number of benzene rings is 2. The van der Waals surface area contributed by atoms with Gasteiger partial charge in [-0.25, -0.2) is 0 Å². The van der Waals surface area contributed by atoms with Crippen molar-refractivity contribution in [2.24, 2.45) is 4.99 Å². The van der Waals surface area contributed by atoms with E-state index >= 15 is 0 Å². The van der Waals surface area contributed by atoms with Gasteiger partial charge in [-0.3, -0.25) is 4.99 Å². The van der Waals surface area contributed by atoms with Crippen molar-refractivity contribution in [2.75, 3.05) is 0 Å². The average Bonchev–Trinajstić information content (AvgIpc) is 2.51. The zero-order chi connectivity index (χ0) is 16.9. The van der Waals surface area contributed by atoms with Gasteiger partial charge in [0.2, 0.25) is 0 Å². The van der Waals surface area contributed by atoms with Gasteiger partial charge in [0.15, 0.2) is 0 Å². The van der Waals surface area contributed by atoms with Gasteiger partial charge in [0.1, 0.15) is 5.71 Å². The third kappa shape index (κ3) is 6.14. The summed E-state index contributed by atoms with van der Waals surface area (Å²) in [4.78, 5) is 14.7. The molecule has 0 aliphatic heterocycles. The number of rotatable bonds is 5. The molecular formula is C17H13F3KNO2. The zero-order valence-corrected chi connectivity index (χ0v) is 16.1. The second-order valence-electron chi connectivity index (χ2n) is 4.87. The van der Waals surface area contributed by atoms with Gasteiger partial charge in [0.25, 0.3) is 0 Å². The van der Waals surface area contributed by atoms with E-state index in [4.69, 9.17) is 0 Å². The van der Waals surface area contributed by atoms with Crippen LogP contribution in [0.25, 0.3) is 0 Å². The number of carbonyl (C=O) groups is 1. The number of carboxylic acid groups (broad SMARTS) is 1. The van der Waals surface area contributed by atoms with E-state index in [2.05, 4.69) is 4.99 Å². The van der Waals surface area contributed by atoms with E-state index in [1.165, 1.54) is 24.3 Å². The molecule has 0 aromatic heterocycles. The number of halogens is 3. The predicted octanol–water partition coefficient (Wildman–Crippen LogP) is -0.597. The summed E-state index contributed by atoms with van der Waals surface area (Å²) >= 11 is 0. The molecule has 0 fully saturated rings. The van der Waals surface area contributed by atoms with Crippen LogP contribution >= 0.6 is 0 Å². The number of aliphatic carboxylic acids is 1. The van der Waals surface area contributed by atoms with Crippen LogP contribution in [0, 0.1) is 0 Å². The van der Waals surface area contributed by atoms with Crippen LogP contribution in [-0.4, -0.2) is 23.9 Å². The van der Waals surface area contributed by atoms with Gasteiger partial charge in [-0.2, -0.15) is 13.2 Å². The van der Waals surface area contributed by atoms with Crippen molar-refractivity contribution in [1.82, 2.24) is 0 Å². The van der Waals surface area contributed by atoms with E-state index in [1.54, 1.807) is 36.4 Å². The summed E-state index contributed by atoms with van der Waals surface area (Å²) < 4.78 is 39.7. The summed E-state index contributed by atoms with van der Waals surface area (Å²) in [6.07, 6.45) is -4.93. The molecular weight excluding hydrogens is 346 g/mol. The molecule has 0 saturated carbocycles. The first-order valence-electron chi connectivity index (χ1n) is 6.83. The van der Waals surface area contributed by atoms with Gasteiger partial charge in [-0.15, -0.1) is 0 Å². The first-order chi connectivity index (χ1) is 10.9. The molecule has 0 heterocycles. The Hall–Kier alpha value is -0.994. The summed E-state index contributed by atoms with van der Waals surface area (Å²) in [7, 11) is 0. The molecule has 2 aromatic rings. The molecule has 0 unspecified atom stereocenters. The molecule has 120 valence electrons. The molecule has 0 aliphatic rings. The van der Waals surface area contributed by atoms with Crippen LogP contribution in [0.4, 0.5) is 13.2 Å². The Morgan fingerprint density at radius 1 is 1.00 bits per heavy atom. The third-order valence-corrected chi connectivity index (χ3v) is 3.14. The number of nitrogens with zero attached hydrogens (tertiary/aromatic N) is 1. The van der Waals surface area contributed by atoms with Crippen molar-refractivity contribution in [3.63, 3.8) is 0 Å². The van der Waals surface area contributed by atoms with Crippen molar-refractivity contribution >= 4 is 11.7 Å². The minimum absolute atomic E-state index is 0. The number of aliphatic imine (C=N–C) groups is 1. The van der Waals surface area contributed by atoms with Gasteiger partial charge in [-0.1, -0.05) is 60.7 Å². The van der Waals surface area contributed by atoms with Gasteiger partial charge < -0.3 is 9.90 Å². The number of alkyl halides is 3. The van der Waals surface area contributed by atoms with Crippen LogP contribution in [0.3, 0.4) is 0 Å². The van der Waals surface area contributed by atoms with Crippen LogP contribution < -0.4 is 56.5 Å². The van der Waals surface area contributed by atoms with Crippen molar-refractivity contribution < 1.29 is 74.5 Å². The largest absolute Gasteiger partial charge is 1.00 e. The fourth-order valence-electron chi connectivity index (χ4n) is 2.08. The summed E-state index contributed by atoms with van der Waals surface area (Å²) in [5.41, 5.74) is -0.831. The minimum Gasteiger partial charge on any atom is -0.548 e. The molecule has 2 rings (SSSR count).